The van der Waals surface area contributed by atoms with Gasteiger partial charge in [0.05, 0.1) is 10.6 Å². The van der Waals surface area contributed by atoms with Crippen LogP contribution in [0.25, 0.3) is 0 Å². The lowest BCUT2D eigenvalue weighted by molar-refractivity contribution is 0.586. The molecule has 6 heteroatoms. The minimum Gasteiger partial charge on any atom is -0.398 e. The number of halogens is 2. The summed E-state index contributed by atoms with van der Waals surface area (Å²) in [6.45, 7) is 1.64. The Bertz CT molecular complexity index is 760. The van der Waals surface area contributed by atoms with Gasteiger partial charge in [0.1, 0.15) is 5.82 Å². The molecule has 0 aliphatic heterocycles. The number of hydrogen-bond donors (Lipinski definition) is 1. The molecular weight excluding hydrogens is 345 g/mol. The Morgan fingerprint density at radius 1 is 1.25 bits per heavy atom. The second-order valence-electron chi connectivity index (χ2n) is 4.47. The van der Waals surface area contributed by atoms with Crippen molar-refractivity contribution in [3.8, 4) is 0 Å². The molecule has 0 heterocycles. The number of sulfone groups is 1. The summed E-state index contributed by atoms with van der Waals surface area (Å²) >= 11 is 3.20. The minimum absolute atomic E-state index is 0.126. The number of anilines is 1. The van der Waals surface area contributed by atoms with E-state index in [4.69, 9.17) is 5.73 Å². The van der Waals surface area contributed by atoms with E-state index in [0.29, 0.717) is 15.7 Å². The molecule has 2 rings (SSSR count). The van der Waals surface area contributed by atoms with Gasteiger partial charge >= 0.3 is 0 Å². The van der Waals surface area contributed by atoms with E-state index in [2.05, 4.69) is 15.9 Å². The van der Waals surface area contributed by atoms with Crippen LogP contribution in [0, 0.1) is 12.7 Å². The first-order chi connectivity index (χ1) is 9.31. The molecule has 0 fully saturated rings. The molecule has 20 heavy (non-hydrogen) atoms. The molecule has 0 atom stereocenters. The Balaban J connectivity index is 2.46. The van der Waals surface area contributed by atoms with Gasteiger partial charge in [-0.3, -0.25) is 0 Å². The molecule has 0 saturated heterocycles. The molecule has 3 nitrogen and oxygen atoms in total. The Kier molecular flexibility index (Phi) is 4.15. The van der Waals surface area contributed by atoms with E-state index in [1.54, 1.807) is 19.1 Å². The Morgan fingerprint density at radius 3 is 2.65 bits per heavy atom. The van der Waals surface area contributed by atoms with Gasteiger partial charge in [-0.15, -0.1) is 0 Å². The van der Waals surface area contributed by atoms with Crippen LogP contribution in [-0.2, 0) is 15.6 Å². The molecule has 2 N–H and O–H groups in total. The van der Waals surface area contributed by atoms with Gasteiger partial charge in [0.15, 0.2) is 9.84 Å². The first-order valence-electron chi connectivity index (χ1n) is 5.83. The fourth-order valence-electron chi connectivity index (χ4n) is 1.90. The third-order valence-corrected chi connectivity index (χ3v) is 5.31. The zero-order valence-electron chi connectivity index (χ0n) is 10.7. The van der Waals surface area contributed by atoms with Crippen molar-refractivity contribution < 1.29 is 12.8 Å². The van der Waals surface area contributed by atoms with Gasteiger partial charge in [-0.05, 0) is 42.8 Å². The summed E-state index contributed by atoms with van der Waals surface area (Å²) < 4.78 is 39.1. The van der Waals surface area contributed by atoms with Crippen LogP contribution in [0.1, 0.15) is 11.1 Å². The van der Waals surface area contributed by atoms with Gasteiger partial charge in [-0.1, -0.05) is 22.0 Å². The van der Waals surface area contributed by atoms with Crippen molar-refractivity contribution in [1.82, 2.24) is 0 Å². The first kappa shape index (κ1) is 15.0. The van der Waals surface area contributed by atoms with Crippen LogP contribution in [-0.4, -0.2) is 8.42 Å². The van der Waals surface area contributed by atoms with E-state index < -0.39 is 21.4 Å². The summed E-state index contributed by atoms with van der Waals surface area (Å²) in [6.07, 6.45) is 0. The zero-order chi connectivity index (χ0) is 14.9. The standard InChI is InChI=1S/C14H13BrFNO2S/c1-9-13(17)3-2-4-14(9)20(18,19)8-10-7-11(15)5-6-12(10)16/h2-7H,8,17H2,1H3. The van der Waals surface area contributed by atoms with Crippen LogP contribution in [0.4, 0.5) is 10.1 Å². The van der Waals surface area contributed by atoms with Crippen LogP contribution in [0.2, 0.25) is 0 Å². The third-order valence-electron chi connectivity index (χ3n) is 3.01. The maximum Gasteiger partial charge on any atom is 0.182 e. The second-order valence-corrected chi connectivity index (χ2v) is 7.34. The van der Waals surface area contributed by atoms with Crippen LogP contribution in [0.3, 0.4) is 0 Å². The third kappa shape index (κ3) is 3.02. The largest absolute Gasteiger partial charge is 0.398 e. The quantitative estimate of drug-likeness (QED) is 0.855. The Morgan fingerprint density at radius 2 is 1.95 bits per heavy atom. The molecule has 0 unspecified atom stereocenters. The van der Waals surface area contributed by atoms with Crippen LogP contribution >= 0.6 is 15.9 Å². The van der Waals surface area contributed by atoms with Crippen molar-refractivity contribution in [2.24, 2.45) is 0 Å². The van der Waals surface area contributed by atoms with Crippen molar-refractivity contribution in [3.63, 3.8) is 0 Å². The smallest absolute Gasteiger partial charge is 0.182 e. The number of benzene rings is 2. The molecule has 0 aromatic heterocycles. The number of nitrogens with two attached hydrogens (primary N) is 1. The van der Waals surface area contributed by atoms with E-state index in [1.165, 1.54) is 24.3 Å². The molecular formula is C14H13BrFNO2S. The summed E-state index contributed by atoms with van der Waals surface area (Å²) in [5.74, 6) is -0.943. The summed E-state index contributed by atoms with van der Waals surface area (Å²) in [5, 5.41) is 0. The van der Waals surface area contributed by atoms with E-state index in [-0.39, 0.29) is 10.5 Å². The molecule has 0 saturated carbocycles. The highest BCUT2D eigenvalue weighted by molar-refractivity contribution is 9.10. The predicted molar refractivity (Wildman–Crippen MR) is 80.6 cm³/mol. The van der Waals surface area contributed by atoms with Crippen molar-refractivity contribution in [2.75, 3.05) is 5.73 Å². The summed E-state index contributed by atoms with van der Waals surface area (Å²) in [5.41, 5.74) is 6.74. The molecule has 0 bridgehead atoms. The van der Waals surface area contributed by atoms with Crippen molar-refractivity contribution in [1.29, 1.82) is 0 Å². The molecule has 0 aliphatic carbocycles. The summed E-state index contributed by atoms with van der Waals surface area (Å²) in [4.78, 5) is 0.136. The minimum atomic E-state index is -3.65. The number of hydrogen-bond acceptors (Lipinski definition) is 3. The van der Waals surface area contributed by atoms with Crippen LogP contribution in [0.5, 0.6) is 0 Å². The lowest BCUT2D eigenvalue weighted by atomic mass is 10.2. The van der Waals surface area contributed by atoms with Gasteiger partial charge in [0, 0.05) is 15.7 Å². The van der Waals surface area contributed by atoms with E-state index in [9.17, 15) is 12.8 Å². The molecule has 0 radical (unpaired) electrons. The summed E-state index contributed by atoms with van der Waals surface area (Å²) in [6, 6.07) is 8.92. The summed E-state index contributed by atoms with van der Waals surface area (Å²) in [7, 11) is -3.65. The lowest BCUT2D eigenvalue weighted by Crippen LogP contribution is -2.09. The van der Waals surface area contributed by atoms with E-state index in [0.717, 1.165) is 0 Å². The molecule has 0 aliphatic rings. The van der Waals surface area contributed by atoms with Crippen LogP contribution < -0.4 is 5.73 Å². The topological polar surface area (TPSA) is 60.2 Å². The zero-order valence-corrected chi connectivity index (χ0v) is 13.1. The maximum absolute atomic E-state index is 13.7. The van der Waals surface area contributed by atoms with Gasteiger partial charge in [-0.25, -0.2) is 12.8 Å². The molecule has 106 valence electrons. The van der Waals surface area contributed by atoms with Gasteiger partial charge in [-0.2, -0.15) is 0 Å². The van der Waals surface area contributed by atoms with Crippen molar-refractivity contribution in [2.45, 2.75) is 17.6 Å². The highest BCUT2D eigenvalue weighted by atomic mass is 79.9. The monoisotopic (exact) mass is 357 g/mol. The average Bonchev–Trinajstić information content (AvgIpc) is 2.36. The normalized spacial score (nSPS) is 11.6. The van der Waals surface area contributed by atoms with Crippen molar-refractivity contribution >= 4 is 31.5 Å². The van der Waals surface area contributed by atoms with Gasteiger partial charge < -0.3 is 5.73 Å². The first-order valence-corrected chi connectivity index (χ1v) is 8.27. The average molecular weight is 358 g/mol. The second kappa shape index (κ2) is 5.54. The molecule has 2 aromatic carbocycles. The highest BCUT2D eigenvalue weighted by Crippen LogP contribution is 2.26. The molecule has 0 spiro atoms. The Labute approximate surface area is 125 Å². The number of rotatable bonds is 3. The van der Waals surface area contributed by atoms with Gasteiger partial charge in [0.25, 0.3) is 0 Å². The van der Waals surface area contributed by atoms with E-state index >= 15 is 0 Å². The predicted octanol–water partition coefficient (Wildman–Crippen LogP) is 3.45. The fourth-order valence-corrected chi connectivity index (χ4v) is 3.97. The van der Waals surface area contributed by atoms with Crippen molar-refractivity contribution in [3.05, 3.63) is 57.8 Å². The lowest BCUT2D eigenvalue weighted by Gasteiger charge is -2.10. The number of nitrogen functional groups attached to an aromatic ring is 1. The fraction of sp³-hybridized carbons (Fsp3) is 0.143. The Hall–Kier alpha value is -1.40. The molecule has 2 aromatic rings. The molecule has 0 amide bonds. The highest BCUT2D eigenvalue weighted by Gasteiger charge is 2.20. The van der Waals surface area contributed by atoms with E-state index in [1.807, 2.05) is 0 Å². The SMILES string of the molecule is Cc1c(N)cccc1S(=O)(=O)Cc1cc(Br)ccc1F. The van der Waals surface area contributed by atoms with Gasteiger partial charge in [0.2, 0.25) is 0 Å². The van der Waals surface area contributed by atoms with Crippen LogP contribution in [0.15, 0.2) is 45.8 Å². The maximum atomic E-state index is 13.7.